The van der Waals surface area contributed by atoms with Crippen LogP contribution in [-0.2, 0) is 6.54 Å². The van der Waals surface area contributed by atoms with Crippen LogP contribution in [0.15, 0.2) is 72.9 Å². The van der Waals surface area contributed by atoms with E-state index >= 15 is 0 Å². The number of nitriles is 1. The third kappa shape index (κ3) is 3.59. The number of halogens is 2. The van der Waals surface area contributed by atoms with Gasteiger partial charge in [0.2, 0.25) is 0 Å². The molecule has 5 rings (SSSR count). The van der Waals surface area contributed by atoms with E-state index in [1.54, 1.807) is 0 Å². The highest BCUT2D eigenvalue weighted by Gasteiger charge is 2.13. The number of para-hydroxylation sites is 3. The van der Waals surface area contributed by atoms with E-state index in [0.717, 1.165) is 33.1 Å². The molecule has 2 heterocycles. The fraction of sp³-hybridized carbons (Fsp3) is 0.0400. The third-order valence-corrected chi connectivity index (χ3v) is 5.98. The summed E-state index contributed by atoms with van der Waals surface area (Å²) in [6.45, 7) is 0.527. The standard InChI is InChI=1S/C25H16Cl2N4/c26-20-7-5-8-21(27)19(20)15-31-14-17(18-6-1-4-11-24(18)31)12-16(13-28)25-29-22-9-2-3-10-23(22)30-25/h1-12,14H,15H2,(H,29,30). The Hall–Kier alpha value is -3.52. The number of benzene rings is 3. The molecule has 5 aromatic rings. The molecule has 0 radical (unpaired) electrons. The summed E-state index contributed by atoms with van der Waals surface area (Å²) in [7, 11) is 0. The predicted molar refractivity (Wildman–Crippen MR) is 127 cm³/mol. The lowest BCUT2D eigenvalue weighted by atomic mass is 10.1. The van der Waals surface area contributed by atoms with E-state index in [0.29, 0.717) is 28.0 Å². The van der Waals surface area contributed by atoms with Crippen LogP contribution in [0.3, 0.4) is 0 Å². The van der Waals surface area contributed by atoms with Gasteiger partial charge in [0, 0.05) is 38.3 Å². The van der Waals surface area contributed by atoms with Gasteiger partial charge in [-0.3, -0.25) is 0 Å². The maximum absolute atomic E-state index is 9.83. The zero-order valence-corrected chi connectivity index (χ0v) is 17.8. The van der Waals surface area contributed by atoms with Crippen molar-refractivity contribution < 1.29 is 0 Å². The molecule has 0 aliphatic rings. The summed E-state index contributed by atoms with van der Waals surface area (Å²) in [6.07, 6.45) is 3.88. The third-order valence-electron chi connectivity index (χ3n) is 5.27. The molecule has 0 aliphatic heterocycles. The Morgan fingerprint density at radius 2 is 1.74 bits per heavy atom. The smallest absolute Gasteiger partial charge is 0.149 e. The highest BCUT2D eigenvalue weighted by Crippen LogP contribution is 2.30. The SMILES string of the molecule is N#CC(=Cc1cn(Cc2c(Cl)cccc2Cl)c2ccccc12)c1nc2ccccc2[nH]1. The number of allylic oxidation sites excluding steroid dienone is 1. The monoisotopic (exact) mass is 442 g/mol. The minimum atomic E-state index is 0.467. The molecule has 4 nitrogen and oxygen atoms in total. The highest BCUT2D eigenvalue weighted by atomic mass is 35.5. The number of fused-ring (bicyclic) bond motifs is 2. The molecule has 0 amide bonds. The molecule has 6 heteroatoms. The van der Waals surface area contributed by atoms with Crippen molar-refractivity contribution in [2.24, 2.45) is 0 Å². The molecule has 0 saturated carbocycles. The van der Waals surface area contributed by atoms with Crippen LogP contribution >= 0.6 is 23.2 Å². The van der Waals surface area contributed by atoms with Gasteiger partial charge in [0.15, 0.2) is 0 Å². The van der Waals surface area contributed by atoms with E-state index < -0.39 is 0 Å². The molecular formula is C25H16Cl2N4. The molecule has 0 saturated heterocycles. The van der Waals surface area contributed by atoms with Crippen LogP contribution in [0, 0.1) is 11.3 Å². The normalized spacial score (nSPS) is 11.8. The van der Waals surface area contributed by atoms with Crippen LogP contribution in [0.2, 0.25) is 10.0 Å². The summed E-state index contributed by atoms with van der Waals surface area (Å²) < 4.78 is 2.10. The second kappa shape index (κ2) is 7.96. The van der Waals surface area contributed by atoms with Crippen molar-refractivity contribution in [1.82, 2.24) is 14.5 Å². The van der Waals surface area contributed by atoms with Crippen LogP contribution in [-0.4, -0.2) is 14.5 Å². The minimum absolute atomic E-state index is 0.467. The van der Waals surface area contributed by atoms with Crippen LogP contribution in [0.25, 0.3) is 33.6 Å². The molecule has 0 atom stereocenters. The molecule has 0 unspecified atom stereocenters. The molecule has 2 aromatic heterocycles. The van der Waals surface area contributed by atoms with E-state index in [9.17, 15) is 5.26 Å². The first-order valence-corrected chi connectivity index (χ1v) is 10.5. The lowest BCUT2D eigenvalue weighted by Crippen LogP contribution is -1.99. The fourth-order valence-electron chi connectivity index (χ4n) is 3.76. The second-order valence-corrected chi connectivity index (χ2v) is 8.02. The lowest BCUT2D eigenvalue weighted by Gasteiger charge is -2.09. The van der Waals surface area contributed by atoms with Gasteiger partial charge in [-0.15, -0.1) is 0 Å². The Balaban J connectivity index is 1.62. The van der Waals surface area contributed by atoms with Gasteiger partial charge in [0.05, 0.1) is 23.2 Å². The number of hydrogen-bond donors (Lipinski definition) is 1. The zero-order valence-electron chi connectivity index (χ0n) is 16.3. The quantitative estimate of drug-likeness (QED) is 0.306. The lowest BCUT2D eigenvalue weighted by molar-refractivity contribution is 0.836. The second-order valence-electron chi connectivity index (χ2n) is 7.20. The highest BCUT2D eigenvalue weighted by molar-refractivity contribution is 6.36. The van der Waals surface area contributed by atoms with Crippen LogP contribution < -0.4 is 0 Å². The Morgan fingerprint density at radius 1 is 1.00 bits per heavy atom. The first-order valence-electron chi connectivity index (χ1n) is 9.72. The van der Waals surface area contributed by atoms with Crippen LogP contribution in [0.4, 0.5) is 0 Å². The molecule has 3 aromatic carbocycles. The number of rotatable bonds is 4. The average molecular weight is 443 g/mol. The molecule has 0 bridgehead atoms. The number of aromatic amines is 1. The maximum Gasteiger partial charge on any atom is 0.149 e. The Morgan fingerprint density at radius 3 is 2.52 bits per heavy atom. The van der Waals surface area contributed by atoms with Crippen molar-refractivity contribution in [1.29, 1.82) is 5.26 Å². The Bertz CT molecular complexity index is 1450. The van der Waals surface area contributed by atoms with E-state index in [1.807, 2.05) is 79.0 Å². The van der Waals surface area contributed by atoms with E-state index in [1.165, 1.54) is 0 Å². The Labute approximate surface area is 189 Å². The number of nitrogens with zero attached hydrogens (tertiary/aromatic N) is 3. The van der Waals surface area contributed by atoms with E-state index in [2.05, 4.69) is 20.6 Å². The van der Waals surface area contributed by atoms with Crippen LogP contribution in [0.1, 0.15) is 17.0 Å². The summed E-state index contributed by atoms with van der Waals surface area (Å²) in [5, 5.41) is 12.1. The van der Waals surface area contributed by atoms with E-state index in [-0.39, 0.29) is 0 Å². The molecule has 0 spiro atoms. The van der Waals surface area contributed by atoms with Crippen molar-refractivity contribution in [2.45, 2.75) is 6.54 Å². The van der Waals surface area contributed by atoms with Crippen molar-refractivity contribution >= 4 is 56.8 Å². The fourth-order valence-corrected chi connectivity index (χ4v) is 4.28. The van der Waals surface area contributed by atoms with Gasteiger partial charge < -0.3 is 9.55 Å². The van der Waals surface area contributed by atoms with Gasteiger partial charge in [-0.05, 0) is 36.4 Å². The molecular weight excluding hydrogens is 427 g/mol. The van der Waals surface area contributed by atoms with Gasteiger partial charge in [0.25, 0.3) is 0 Å². The average Bonchev–Trinajstić information content (AvgIpc) is 3.36. The van der Waals surface area contributed by atoms with Gasteiger partial charge in [0.1, 0.15) is 11.9 Å². The van der Waals surface area contributed by atoms with Gasteiger partial charge >= 0.3 is 0 Å². The first-order chi connectivity index (χ1) is 15.1. The van der Waals surface area contributed by atoms with Crippen LogP contribution in [0.5, 0.6) is 0 Å². The summed E-state index contributed by atoms with van der Waals surface area (Å²) in [5.74, 6) is 0.551. The molecule has 150 valence electrons. The summed E-state index contributed by atoms with van der Waals surface area (Å²) in [4.78, 5) is 7.80. The largest absolute Gasteiger partial charge is 0.342 e. The molecule has 0 fully saturated rings. The van der Waals surface area contributed by atoms with E-state index in [4.69, 9.17) is 23.2 Å². The van der Waals surface area contributed by atoms with Gasteiger partial charge in [-0.2, -0.15) is 5.26 Å². The summed E-state index contributed by atoms with van der Waals surface area (Å²) in [6, 6.07) is 23.6. The molecule has 1 N–H and O–H groups in total. The molecule has 0 aliphatic carbocycles. The van der Waals surface area contributed by atoms with Gasteiger partial charge in [-0.25, -0.2) is 4.98 Å². The number of H-pyrrole nitrogens is 1. The topological polar surface area (TPSA) is 57.4 Å². The first kappa shape index (κ1) is 19.4. The maximum atomic E-state index is 9.83. The number of imidazole rings is 1. The van der Waals surface area contributed by atoms with Crippen molar-refractivity contribution in [3.05, 3.63) is 99.9 Å². The number of hydrogen-bond acceptors (Lipinski definition) is 2. The van der Waals surface area contributed by atoms with Gasteiger partial charge in [-0.1, -0.05) is 59.6 Å². The number of nitrogens with one attached hydrogen (secondary N) is 1. The van der Waals surface area contributed by atoms with Crippen molar-refractivity contribution in [2.75, 3.05) is 0 Å². The zero-order chi connectivity index (χ0) is 21.4. The molecule has 31 heavy (non-hydrogen) atoms. The van der Waals surface area contributed by atoms with Crippen molar-refractivity contribution in [3.63, 3.8) is 0 Å². The number of aromatic nitrogens is 3. The van der Waals surface area contributed by atoms with Crippen molar-refractivity contribution in [3.8, 4) is 6.07 Å². The summed E-state index contributed by atoms with van der Waals surface area (Å²) in [5.41, 5.74) is 5.01. The minimum Gasteiger partial charge on any atom is -0.342 e. The summed E-state index contributed by atoms with van der Waals surface area (Å²) >= 11 is 12.8. The predicted octanol–water partition coefficient (Wildman–Crippen LogP) is 6.94. The Kier molecular flexibility index (Phi) is 4.99.